The summed E-state index contributed by atoms with van der Waals surface area (Å²) in [5, 5.41) is 12.2. The maximum atomic E-state index is 12.2. The molecule has 21 heavy (non-hydrogen) atoms. The van der Waals surface area contributed by atoms with Gasteiger partial charge in [-0.15, -0.1) is 0 Å². The first kappa shape index (κ1) is 15.4. The summed E-state index contributed by atoms with van der Waals surface area (Å²) in [7, 11) is 0. The van der Waals surface area contributed by atoms with Gasteiger partial charge in [0.05, 0.1) is 17.9 Å². The number of carboxylic acids is 1. The number of nitrogens with zero attached hydrogens (tertiary/aromatic N) is 1. The molecular weight excluding hydrogens is 272 g/mol. The molecule has 2 amide bonds. The molecule has 2 rings (SSSR count). The van der Waals surface area contributed by atoms with Gasteiger partial charge >= 0.3 is 12.0 Å². The van der Waals surface area contributed by atoms with Crippen LogP contribution in [-0.2, 0) is 11.3 Å². The second-order valence-corrected chi connectivity index (χ2v) is 6.10. The standard InChI is InChI=1S/C15H22N2O4/c1-15(2,13(18)19)12-4-3-6-17(9-12)14(20)16-8-11-5-7-21-10-11/h5,7,10,12H,3-4,6,8-9H2,1-2H3,(H,16,20)(H,18,19). The van der Waals surface area contributed by atoms with Gasteiger partial charge in [0, 0.05) is 25.2 Å². The van der Waals surface area contributed by atoms with Crippen LogP contribution in [0.4, 0.5) is 4.79 Å². The first-order chi connectivity index (χ1) is 9.91. The van der Waals surface area contributed by atoms with E-state index in [0.29, 0.717) is 19.6 Å². The van der Waals surface area contributed by atoms with Crippen molar-refractivity contribution < 1.29 is 19.1 Å². The van der Waals surface area contributed by atoms with Crippen molar-refractivity contribution in [2.24, 2.45) is 11.3 Å². The van der Waals surface area contributed by atoms with Crippen molar-refractivity contribution >= 4 is 12.0 Å². The predicted octanol–water partition coefficient (Wildman–Crippen LogP) is 2.31. The fourth-order valence-corrected chi connectivity index (χ4v) is 2.61. The van der Waals surface area contributed by atoms with E-state index in [2.05, 4.69) is 5.32 Å². The van der Waals surface area contributed by atoms with Crippen molar-refractivity contribution in [3.05, 3.63) is 24.2 Å². The molecule has 1 aliphatic heterocycles. The molecule has 0 aliphatic carbocycles. The first-order valence-corrected chi connectivity index (χ1v) is 7.18. The number of nitrogens with one attached hydrogen (secondary N) is 1. The van der Waals surface area contributed by atoms with Gasteiger partial charge in [0.15, 0.2) is 0 Å². The second-order valence-electron chi connectivity index (χ2n) is 6.10. The van der Waals surface area contributed by atoms with E-state index in [1.807, 2.05) is 0 Å². The summed E-state index contributed by atoms with van der Waals surface area (Å²) in [4.78, 5) is 25.2. The third kappa shape index (κ3) is 3.56. The fraction of sp³-hybridized carbons (Fsp3) is 0.600. The molecule has 1 aromatic heterocycles. The lowest BCUT2D eigenvalue weighted by Crippen LogP contribution is -2.49. The Kier molecular flexibility index (Phi) is 4.55. The molecule has 0 radical (unpaired) electrons. The molecule has 0 bridgehead atoms. The van der Waals surface area contributed by atoms with E-state index in [0.717, 1.165) is 18.4 Å². The highest BCUT2D eigenvalue weighted by atomic mass is 16.4. The van der Waals surface area contributed by atoms with Crippen molar-refractivity contribution in [3.63, 3.8) is 0 Å². The summed E-state index contributed by atoms with van der Waals surface area (Å²) < 4.78 is 4.95. The number of hydrogen-bond acceptors (Lipinski definition) is 3. The highest BCUT2D eigenvalue weighted by Gasteiger charge is 2.39. The van der Waals surface area contributed by atoms with Crippen LogP contribution in [0.25, 0.3) is 0 Å². The molecular formula is C15H22N2O4. The van der Waals surface area contributed by atoms with Gasteiger partial charge in [0.2, 0.25) is 0 Å². The largest absolute Gasteiger partial charge is 0.481 e. The number of furan rings is 1. The number of amides is 2. The summed E-state index contributed by atoms with van der Waals surface area (Å²) in [6.45, 7) is 5.03. The summed E-state index contributed by atoms with van der Waals surface area (Å²) in [6.07, 6.45) is 4.83. The Morgan fingerprint density at radius 2 is 2.29 bits per heavy atom. The SMILES string of the molecule is CC(C)(C(=O)O)C1CCCN(C(=O)NCc2ccoc2)C1. The Morgan fingerprint density at radius 3 is 2.90 bits per heavy atom. The number of carbonyl (C=O) groups excluding carboxylic acids is 1. The molecule has 0 aromatic carbocycles. The molecule has 6 nitrogen and oxygen atoms in total. The molecule has 0 spiro atoms. The van der Waals surface area contributed by atoms with Gasteiger partial charge in [0.25, 0.3) is 0 Å². The predicted molar refractivity (Wildman–Crippen MR) is 76.7 cm³/mol. The van der Waals surface area contributed by atoms with E-state index >= 15 is 0 Å². The number of carboxylic acid groups (broad SMARTS) is 1. The Hall–Kier alpha value is -1.98. The van der Waals surface area contributed by atoms with E-state index in [1.165, 1.54) is 0 Å². The Morgan fingerprint density at radius 1 is 1.52 bits per heavy atom. The van der Waals surface area contributed by atoms with Crippen LogP contribution in [0.15, 0.2) is 23.0 Å². The van der Waals surface area contributed by atoms with Crippen LogP contribution < -0.4 is 5.32 Å². The zero-order valence-corrected chi connectivity index (χ0v) is 12.5. The monoisotopic (exact) mass is 294 g/mol. The van der Waals surface area contributed by atoms with Crippen LogP contribution in [0.5, 0.6) is 0 Å². The van der Waals surface area contributed by atoms with Gasteiger partial charge in [-0.05, 0) is 38.7 Å². The van der Waals surface area contributed by atoms with Crippen molar-refractivity contribution in [3.8, 4) is 0 Å². The summed E-state index contributed by atoms with van der Waals surface area (Å²) in [5.41, 5.74) is 0.0894. The Bertz CT molecular complexity index is 496. The average molecular weight is 294 g/mol. The molecule has 1 aliphatic rings. The number of likely N-dealkylation sites (tertiary alicyclic amines) is 1. The van der Waals surface area contributed by atoms with Crippen LogP contribution in [0.3, 0.4) is 0 Å². The lowest BCUT2D eigenvalue weighted by Gasteiger charge is -2.39. The van der Waals surface area contributed by atoms with Crippen LogP contribution >= 0.6 is 0 Å². The quantitative estimate of drug-likeness (QED) is 0.892. The highest BCUT2D eigenvalue weighted by Crippen LogP contribution is 2.34. The van der Waals surface area contributed by atoms with Gasteiger partial charge in [-0.2, -0.15) is 0 Å². The van der Waals surface area contributed by atoms with E-state index < -0.39 is 11.4 Å². The third-order valence-electron chi connectivity index (χ3n) is 4.30. The maximum Gasteiger partial charge on any atom is 0.317 e. The second kappa shape index (κ2) is 6.20. The molecule has 2 heterocycles. The van der Waals surface area contributed by atoms with Crippen molar-refractivity contribution in [2.45, 2.75) is 33.2 Å². The molecule has 116 valence electrons. The van der Waals surface area contributed by atoms with Crippen molar-refractivity contribution in [2.75, 3.05) is 13.1 Å². The van der Waals surface area contributed by atoms with E-state index in [1.54, 1.807) is 37.3 Å². The normalized spacial score (nSPS) is 19.3. The number of aliphatic carboxylic acids is 1. The van der Waals surface area contributed by atoms with Gasteiger partial charge < -0.3 is 19.7 Å². The minimum Gasteiger partial charge on any atom is -0.481 e. The Labute approximate surface area is 124 Å². The van der Waals surface area contributed by atoms with Gasteiger partial charge in [-0.25, -0.2) is 4.79 Å². The zero-order chi connectivity index (χ0) is 15.5. The van der Waals surface area contributed by atoms with Gasteiger partial charge in [-0.1, -0.05) is 0 Å². The number of urea groups is 1. The topological polar surface area (TPSA) is 82.8 Å². The van der Waals surface area contributed by atoms with Crippen LogP contribution in [0.1, 0.15) is 32.3 Å². The van der Waals surface area contributed by atoms with Crippen molar-refractivity contribution in [1.29, 1.82) is 0 Å². The summed E-state index contributed by atoms with van der Waals surface area (Å²) >= 11 is 0. The maximum absolute atomic E-state index is 12.2. The summed E-state index contributed by atoms with van der Waals surface area (Å²) in [5.74, 6) is -0.836. The van der Waals surface area contributed by atoms with Gasteiger partial charge in [-0.3, -0.25) is 4.79 Å². The van der Waals surface area contributed by atoms with E-state index in [4.69, 9.17) is 4.42 Å². The average Bonchev–Trinajstić information content (AvgIpc) is 2.98. The molecule has 1 fully saturated rings. The van der Waals surface area contributed by atoms with Crippen LogP contribution in [0, 0.1) is 11.3 Å². The molecule has 1 saturated heterocycles. The smallest absolute Gasteiger partial charge is 0.317 e. The molecule has 1 atom stereocenters. The number of piperidine rings is 1. The number of carbonyl (C=O) groups is 2. The molecule has 6 heteroatoms. The molecule has 1 unspecified atom stereocenters. The Balaban J connectivity index is 1.91. The number of hydrogen-bond donors (Lipinski definition) is 2. The lowest BCUT2D eigenvalue weighted by atomic mass is 9.74. The van der Waals surface area contributed by atoms with E-state index in [-0.39, 0.29) is 11.9 Å². The lowest BCUT2D eigenvalue weighted by molar-refractivity contribution is -0.151. The first-order valence-electron chi connectivity index (χ1n) is 7.18. The minimum atomic E-state index is -0.816. The van der Waals surface area contributed by atoms with Crippen molar-refractivity contribution in [1.82, 2.24) is 10.2 Å². The number of rotatable bonds is 4. The fourth-order valence-electron chi connectivity index (χ4n) is 2.61. The zero-order valence-electron chi connectivity index (χ0n) is 12.5. The van der Waals surface area contributed by atoms with E-state index in [9.17, 15) is 14.7 Å². The molecule has 0 saturated carbocycles. The highest BCUT2D eigenvalue weighted by molar-refractivity contribution is 5.76. The summed E-state index contributed by atoms with van der Waals surface area (Å²) in [6, 6.07) is 1.65. The van der Waals surface area contributed by atoms with Crippen LogP contribution in [0.2, 0.25) is 0 Å². The third-order valence-corrected chi connectivity index (χ3v) is 4.30. The molecule has 1 aromatic rings. The minimum absolute atomic E-state index is 0.0246. The van der Waals surface area contributed by atoms with Crippen LogP contribution in [-0.4, -0.2) is 35.1 Å². The van der Waals surface area contributed by atoms with Gasteiger partial charge in [0.1, 0.15) is 0 Å². The molecule has 2 N–H and O–H groups in total.